The van der Waals surface area contributed by atoms with Crippen LogP contribution in [0.2, 0.25) is 0 Å². The molecule has 372 valence electrons. The molecule has 15 heteroatoms. The maximum Gasteiger partial charge on any atom is 0.384 e. The minimum atomic E-state index is -0.725. The molecule has 0 aromatic heterocycles. The Morgan fingerprint density at radius 1 is 0.522 bits per heavy atom. The van der Waals surface area contributed by atoms with Crippen molar-refractivity contribution in [1.82, 2.24) is 0 Å². The first-order valence-corrected chi connectivity index (χ1v) is 23.2. The third-order valence-corrected chi connectivity index (χ3v) is 14.0. The highest BCUT2D eigenvalue weighted by atomic mass is 16.5. The molecule has 0 radical (unpaired) electrons. The smallest absolute Gasteiger partial charge is 0.384 e. The van der Waals surface area contributed by atoms with Gasteiger partial charge in [-0.1, -0.05) is 6.07 Å². The Labute approximate surface area is 407 Å². The number of methoxy groups -OCH3 is 10. The lowest BCUT2D eigenvalue weighted by molar-refractivity contribution is -0.941. The second-order valence-corrected chi connectivity index (χ2v) is 17.9. The first-order valence-electron chi connectivity index (χ1n) is 23.2. The molecule has 2 aliphatic rings. The number of hydrogen-bond acceptors (Lipinski definition) is 13. The summed E-state index contributed by atoms with van der Waals surface area (Å²) in [6.07, 6.45) is 4.25. The van der Waals surface area contributed by atoms with E-state index in [1.807, 2.05) is 30.3 Å². The molecule has 0 bridgehead atoms. The van der Waals surface area contributed by atoms with E-state index in [9.17, 15) is 9.59 Å². The van der Waals surface area contributed by atoms with Gasteiger partial charge in [0.2, 0.25) is 17.3 Å². The molecule has 0 saturated carbocycles. The van der Waals surface area contributed by atoms with Crippen LogP contribution < -0.4 is 47.4 Å². The highest BCUT2D eigenvalue weighted by molar-refractivity contribution is 6.01. The summed E-state index contributed by atoms with van der Waals surface area (Å²) >= 11 is 0. The summed E-state index contributed by atoms with van der Waals surface area (Å²) in [6.45, 7) is 3.19. The zero-order valence-electron chi connectivity index (χ0n) is 42.5. The standard InChI is InChI=1S/C54H70N2O13/c1-55(24-20-37-32-45(61-5)46(62-6)34-40(37)41(55)28-36-30-47(63-7)52(66-10)48(31-36)64-8)22-13-15-39(57)17-19-50(58)69-26-14-23-56(2)25-21-38-33-49(65-9)53(67-11)54(68-12)51(38)42(56)27-35-16-18-43(59-3)44(29-35)60-4/h16,18,29-34,41-42H,13-15,20-28H2,1-12H3/q+2. The van der Waals surface area contributed by atoms with Crippen molar-refractivity contribution in [3.63, 3.8) is 0 Å². The second-order valence-electron chi connectivity index (χ2n) is 17.9. The zero-order valence-corrected chi connectivity index (χ0v) is 42.5. The van der Waals surface area contributed by atoms with Crippen LogP contribution in [0.15, 0.2) is 48.5 Å². The van der Waals surface area contributed by atoms with E-state index < -0.39 is 5.97 Å². The van der Waals surface area contributed by atoms with Crippen molar-refractivity contribution in [2.45, 2.75) is 57.0 Å². The number of fused-ring (bicyclic) bond motifs is 2. The first kappa shape index (κ1) is 51.9. The Balaban J connectivity index is 1.11. The first-order chi connectivity index (χ1) is 33.3. The van der Waals surface area contributed by atoms with Crippen molar-refractivity contribution in [3.05, 3.63) is 81.9 Å². The normalized spacial score (nSPS) is 19.1. The monoisotopic (exact) mass is 954 g/mol. The molecule has 4 aromatic carbocycles. The highest BCUT2D eigenvalue weighted by Gasteiger charge is 2.43. The molecule has 0 spiro atoms. The van der Waals surface area contributed by atoms with Crippen molar-refractivity contribution < 1.29 is 70.7 Å². The molecule has 4 unspecified atom stereocenters. The fraction of sp³-hybridized carbons (Fsp3) is 0.481. The van der Waals surface area contributed by atoms with Gasteiger partial charge in [-0.25, -0.2) is 4.79 Å². The van der Waals surface area contributed by atoms with Gasteiger partial charge in [0.05, 0.1) is 124 Å². The van der Waals surface area contributed by atoms with Crippen LogP contribution in [0.5, 0.6) is 57.5 Å². The lowest BCUT2D eigenvalue weighted by atomic mass is 9.85. The van der Waals surface area contributed by atoms with Crippen LogP contribution in [0.3, 0.4) is 0 Å². The van der Waals surface area contributed by atoms with E-state index in [0.717, 1.165) is 53.7 Å². The summed E-state index contributed by atoms with van der Waals surface area (Å²) in [5.41, 5.74) is 6.60. The number of carbonyl (C=O) groups is 2. The van der Waals surface area contributed by atoms with Crippen LogP contribution in [0.25, 0.3) is 0 Å². The van der Waals surface area contributed by atoms with Gasteiger partial charge in [-0.3, -0.25) is 4.79 Å². The topological polar surface area (TPSA) is 136 Å². The van der Waals surface area contributed by atoms with Crippen LogP contribution >= 0.6 is 0 Å². The van der Waals surface area contributed by atoms with Crippen LogP contribution in [0.4, 0.5) is 0 Å². The molecule has 2 aliphatic heterocycles. The van der Waals surface area contributed by atoms with Gasteiger partial charge in [-0.2, -0.15) is 0 Å². The van der Waals surface area contributed by atoms with Crippen molar-refractivity contribution in [2.75, 3.05) is 118 Å². The van der Waals surface area contributed by atoms with Gasteiger partial charge in [0.1, 0.15) is 12.1 Å². The number of hydrogen-bond donors (Lipinski definition) is 0. The summed E-state index contributed by atoms with van der Waals surface area (Å²) in [5.74, 6) is 10.1. The number of ketones is 1. The number of benzene rings is 4. The third-order valence-electron chi connectivity index (χ3n) is 14.0. The lowest BCUT2D eigenvalue weighted by Crippen LogP contribution is -2.52. The van der Waals surface area contributed by atoms with E-state index in [1.54, 1.807) is 71.1 Å². The molecule has 15 nitrogen and oxygen atoms in total. The molecule has 2 heterocycles. The molecule has 0 aliphatic carbocycles. The minimum Gasteiger partial charge on any atom is -0.493 e. The highest BCUT2D eigenvalue weighted by Crippen LogP contribution is 2.51. The molecular weight excluding hydrogens is 885 g/mol. The number of nitrogens with zero attached hydrogens (tertiary/aromatic N) is 2. The van der Waals surface area contributed by atoms with E-state index in [-0.39, 0.29) is 30.9 Å². The summed E-state index contributed by atoms with van der Waals surface area (Å²) in [4.78, 5) is 26.1. The number of rotatable bonds is 22. The van der Waals surface area contributed by atoms with Gasteiger partial charge in [-0.15, -0.1) is 0 Å². The molecule has 0 amide bonds. The Hall–Kier alpha value is -6.50. The Morgan fingerprint density at radius 3 is 1.64 bits per heavy atom. The fourth-order valence-corrected chi connectivity index (χ4v) is 10.3. The number of esters is 1. The van der Waals surface area contributed by atoms with Gasteiger partial charge in [0.15, 0.2) is 46.0 Å². The van der Waals surface area contributed by atoms with E-state index in [4.69, 9.17) is 52.1 Å². The average Bonchev–Trinajstić information content (AvgIpc) is 3.37. The Bertz CT molecular complexity index is 2510. The molecule has 0 N–H and O–H groups in total. The minimum absolute atomic E-state index is 0.00799. The maximum absolute atomic E-state index is 13.2. The molecule has 0 saturated heterocycles. The lowest BCUT2D eigenvalue weighted by Gasteiger charge is -2.46. The summed E-state index contributed by atoms with van der Waals surface area (Å²) in [7, 11) is 20.7. The Kier molecular flexibility index (Phi) is 17.4. The van der Waals surface area contributed by atoms with Crippen LogP contribution in [-0.2, 0) is 40.0 Å². The number of ether oxygens (including phenoxy) is 11. The number of Topliss-reactive ketones (excluding diaryl/α,β-unsaturated/α-hetero) is 1. The molecule has 0 fully saturated rings. The quantitative estimate of drug-likeness (QED) is 0.0195. The zero-order chi connectivity index (χ0) is 49.9. The number of carbonyl (C=O) groups excluding carboxylic acids is 2. The maximum atomic E-state index is 13.2. The van der Waals surface area contributed by atoms with E-state index >= 15 is 0 Å². The predicted molar refractivity (Wildman–Crippen MR) is 261 cm³/mol. The van der Waals surface area contributed by atoms with Crippen molar-refractivity contribution >= 4 is 11.8 Å². The van der Waals surface area contributed by atoms with Gasteiger partial charge in [-0.05, 0) is 70.6 Å². The summed E-state index contributed by atoms with van der Waals surface area (Å²) in [5, 5.41) is 0. The van der Waals surface area contributed by atoms with E-state index in [0.29, 0.717) is 105 Å². The van der Waals surface area contributed by atoms with Gasteiger partial charge in [0, 0.05) is 56.4 Å². The van der Waals surface area contributed by atoms with Crippen LogP contribution in [0, 0.1) is 11.8 Å². The predicted octanol–water partition coefficient (Wildman–Crippen LogP) is 7.33. The molecule has 4 atom stereocenters. The summed E-state index contributed by atoms with van der Waals surface area (Å²) < 4.78 is 64.1. The van der Waals surface area contributed by atoms with Crippen molar-refractivity contribution in [3.8, 4) is 69.3 Å². The summed E-state index contributed by atoms with van der Waals surface area (Å²) in [6, 6.07) is 16.1. The van der Waals surface area contributed by atoms with Gasteiger partial charge in [0.25, 0.3) is 0 Å². The SMILES string of the molecule is COc1ccc(CC2c3c(cc(OC)c(OC)c3OC)CC[N+]2(C)CCCOC(=O)C#CC(=O)CCC[N+]2(C)CCc3cc(OC)c(OC)cc3C2Cc2cc(OC)c(OC)c(OC)c2)cc1OC. The van der Waals surface area contributed by atoms with E-state index in [2.05, 4.69) is 44.1 Å². The fourth-order valence-electron chi connectivity index (χ4n) is 10.3. The van der Waals surface area contributed by atoms with Crippen LogP contribution in [0.1, 0.15) is 64.7 Å². The van der Waals surface area contributed by atoms with Crippen molar-refractivity contribution in [2.24, 2.45) is 0 Å². The Morgan fingerprint density at radius 2 is 1.03 bits per heavy atom. The molecular formula is C54H70N2O13+2. The average molecular weight is 955 g/mol. The number of likely N-dealkylation sites (N-methyl/N-ethyl adjacent to an activating group) is 2. The van der Waals surface area contributed by atoms with E-state index in [1.165, 1.54) is 5.56 Å². The second kappa shape index (κ2) is 23.2. The van der Waals surface area contributed by atoms with Gasteiger partial charge < -0.3 is 61.1 Å². The third kappa shape index (κ3) is 11.4. The molecule has 4 aromatic rings. The number of quaternary nitrogens is 2. The molecule has 69 heavy (non-hydrogen) atoms. The largest absolute Gasteiger partial charge is 0.493 e. The van der Waals surface area contributed by atoms with Gasteiger partial charge >= 0.3 is 5.97 Å². The van der Waals surface area contributed by atoms with Crippen molar-refractivity contribution in [1.29, 1.82) is 0 Å². The van der Waals surface area contributed by atoms with Crippen LogP contribution in [-0.4, -0.2) is 139 Å². The molecule has 6 rings (SSSR count).